The average Bonchev–Trinajstić information content (AvgIpc) is 3.55. The van der Waals surface area contributed by atoms with E-state index < -0.39 is 0 Å². The molecule has 2 N–H and O–H groups in total. The van der Waals surface area contributed by atoms with E-state index in [1.165, 1.54) is 0 Å². The number of amides is 2. The number of benzene rings is 2. The molecule has 0 unspecified atom stereocenters. The molecule has 4 atom stereocenters. The molecule has 204 valence electrons. The molecule has 0 spiro atoms. The number of nitrogens with zero attached hydrogens (tertiary/aromatic N) is 5. The van der Waals surface area contributed by atoms with Gasteiger partial charge >= 0.3 is 12.2 Å². The lowest BCUT2D eigenvalue weighted by atomic mass is 10.0. The number of hydrogen-bond acceptors (Lipinski definition) is 6. The van der Waals surface area contributed by atoms with Crippen LogP contribution in [0.25, 0.3) is 10.4 Å². The summed E-state index contributed by atoms with van der Waals surface area (Å²) in [7, 11) is 0. The SMILES string of the molecule is CC[C@H]1CN(C(=O)OCc2ccccc2)C[C@H]1N.CC[C@H]1CN(C(=O)OCc2ccccc2)C[C@H]1N=[N+]=[N-]. The van der Waals surface area contributed by atoms with E-state index in [4.69, 9.17) is 20.7 Å². The van der Waals surface area contributed by atoms with Crippen LogP contribution in [-0.4, -0.2) is 60.2 Å². The van der Waals surface area contributed by atoms with Gasteiger partial charge in [0.25, 0.3) is 0 Å². The fourth-order valence-electron chi connectivity index (χ4n) is 4.70. The highest BCUT2D eigenvalue weighted by Crippen LogP contribution is 2.24. The van der Waals surface area contributed by atoms with Crippen molar-refractivity contribution in [2.75, 3.05) is 26.2 Å². The summed E-state index contributed by atoms with van der Waals surface area (Å²) in [5.74, 6) is 0.615. The Morgan fingerprint density at radius 2 is 1.32 bits per heavy atom. The molecule has 2 fully saturated rings. The summed E-state index contributed by atoms with van der Waals surface area (Å²) in [6, 6.07) is 19.2. The number of nitrogens with two attached hydrogens (primary N) is 1. The molecule has 10 heteroatoms. The van der Waals surface area contributed by atoms with Crippen molar-refractivity contribution in [3.63, 3.8) is 0 Å². The van der Waals surface area contributed by atoms with E-state index >= 15 is 0 Å². The van der Waals surface area contributed by atoms with Crippen LogP contribution >= 0.6 is 0 Å². The number of carbonyl (C=O) groups is 2. The van der Waals surface area contributed by atoms with Gasteiger partial charge in [-0.3, -0.25) is 0 Å². The van der Waals surface area contributed by atoms with E-state index in [1.807, 2.05) is 67.6 Å². The van der Waals surface area contributed by atoms with Gasteiger partial charge in [-0.25, -0.2) is 9.59 Å². The largest absolute Gasteiger partial charge is 0.445 e. The maximum atomic E-state index is 12.0. The minimum absolute atomic E-state index is 0.0827. The molecule has 0 aliphatic carbocycles. The first kappa shape index (κ1) is 28.8. The van der Waals surface area contributed by atoms with Gasteiger partial charge in [-0.2, -0.15) is 0 Å². The molecule has 0 aromatic heterocycles. The molecule has 2 amide bonds. The molecule has 2 aromatic rings. The first-order valence-electron chi connectivity index (χ1n) is 13.2. The van der Waals surface area contributed by atoms with Gasteiger partial charge in [0.15, 0.2) is 0 Å². The van der Waals surface area contributed by atoms with Crippen LogP contribution in [0.5, 0.6) is 0 Å². The first-order chi connectivity index (χ1) is 18.4. The molecular formula is C28H38N6O4. The Morgan fingerprint density at radius 3 is 1.76 bits per heavy atom. The second-order valence-corrected chi connectivity index (χ2v) is 9.66. The maximum Gasteiger partial charge on any atom is 0.410 e. The van der Waals surface area contributed by atoms with Crippen molar-refractivity contribution in [1.82, 2.24) is 9.80 Å². The van der Waals surface area contributed by atoms with Crippen LogP contribution in [0.2, 0.25) is 0 Å². The predicted molar refractivity (Wildman–Crippen MR) is 145 cm³/mol. The monoisotopic (exact) mass is 522 g/mol. The fraction of sp³-hybridized carbons (Fsp3) is 0.500. The van der Waals surface area contributed by atoms with Gasteiger partial charge in [0.2, 0.25) is 0 Å². The number of carbonyl (C=O) groups excluding carboxylic acids is 2. The average molecular weight is 523 g/mol. The molecule has 38 heavy (non-hydrogen) atoms. The Hall–Kier alpha value is -3.75. The zero-order valence-electron chi connectivity index (χ0n) is 22.2. The van der Waals surface area contributed by atoms with E-state index in [0.29, 0.717) is 38.7 Å². The quantitative estimate of drug-likeness (QED) is 0.298. The summed E-state index contributed by atoms with van der Waals surface area (Å²) in [4.78, 5) is 30.1. The van der Waals surface area contributed by atoms with Crippen LogP contribution in [0.15, 0.2) is 65.8 Å². The summed E-state index contributed by atoms with van der Waals surface area (Å²) in [5.41, 5.74) is 16.5. The molecule has 10 nitrogen and oxygen atoms in total. The molecule has 2 aromatic carbocycles. The molecule has 2 aliphatic rings. The standard InChI is InChI=1S/C14H18N4O2.C14H20N2O2/c1-2-12-8-18(9-13(12)16-17-15)14(19)20-10-11-6-4-3-5-7-11;1-2-12-8-16(9-13(12)15)14(17)18-10-11-6-4-3-5-7-11/h3-7,12-13H,2,8-10H2,1H3;3-7,12-13H,2,8-10,15H2,1H3/t2*12-,13+/m00/s1. The lowest BCUT2D eigenvalue weighted by molar-refractivity contribution is 0.102. The number of azide groups is 1. The fourth-order valence-corrected chi connectivity index (χ4v) is 4.70. The van der Waals surface area contributed by atoms with Crippen molar-refractivity contribution in [1.29, 1.82) is 0 Å². The van der Waals surface area contributed by atoms with Crippen LogP contribution < -0.4 is 5.73 Å². The zero-order valence-corrected chi connectivity index (χ0v) is 22.2. The van der Waals surface area contributed by atoms with Gasteiger partial charge in [0, 0.05) is 37.1 Å². The predicted octanol–water partition coefficient (Wildman–Crippen LogP) is 5.34. The van der Waals surface area contributed by atoms with Crippen LogP contribution in [0.4, 0.5) is 9.59 Å². The van der Waals surface area contributed by atoms with E-state index in [-0.39, 0.29) is 36.8 Å². The van der Waals surface area contributed by atoms with Crippen molar-refractivity contribution in [3.05, 3.63) is 82.2 Å². The minimum atomic E-state index is -0.344. The highest BCUT2D eigenvalue weighted by Gasteiger charge is 2.34. The minimum Gasteiger partial charge on any atom is -0.445 e. The van der Waals surface area contributed by atoms with Crippen molar-refractivity contribution in [2.24, 2.45) is 22.7 Å². The van der Waals surface area contributed by atoms with E-state index in [0.717, 1.165) is 24.0 Å². The molecular weight excluding hydrogens is 484 g/mol. The van der Waals surface area contributed by atoms with E-state index in [1.54, 1.807) is 9.80 Å². The number of ether oxygens (including phenoxy) is 2. The second kappa shape index (κ2) is 14.9. The highest BCUT2D eigenvalue weighted by atomic mass is 16.6. The van der Waals surface area contributed by atoms with Crippen molar-refractivity contribution in [2.45, 2.75) is 52.0 Å². The Morgan fingerprint density at radius 1 is 0.842 bits per heavy atom. The summed E-state index contributed by atoms with van der Waals surface area (Å²) < 4.78 is 10.6. The zero-order chi connectivity index (χ0) is 27.3. The summed E-state index contributed by atoms with van der Waals surface area (Å²) in [5, 5.41) is 3.76. The molecule has 0 radical (unpaired) electrons. The lowest BCUT2D eigenvalue weighted by Crippen LogP contribution is -2.32. The maximum absolute atomic E-state index is 12.0. The van der Waals surface area contributed by atoms with Crippen LogP contribution in [0.3, 0.4) is 0 Å². The number of rotatable bonds is 7. The molecule has 0 bridgehead atoms. The van der Waals surface area contributed by atoms with Crippen LogP contribution in [0, 0.1) is 11.8 Å². The third-order valence-corrected chi connectivity index (χ3v) is 7.07. The van der Waals surface area contributed by atoms with Crippen molar-refractivity contribution in [3.8, 4) is 0 Å². The lowest BCUT2D eigenvalue weighted by Gasteiger charge is -2.16. The molecule has 4 rings (SSSR count). The second-order valence-electron chi connectivity index (χ2n) is 9.66. The van der Waals surface area contributed by atoms with Gasteiger partial charge in [-0.05, 0) is 28.5 Å². The third-order valence-electron chi connectivity index (χ3n) is 7.07. The summed E-state index contributed by atoms with van der Waals surface area (Å²) in [6.45, 7) is 7.06. The van der Waals surface area contributed by atoms with Crippen LogP contribution in [-0.2, 0) is 22.7 Å². The summed E-state index contributed by atoms with van der Waals surface area (Å²) >= 11 is 0. The Labute approximate surface area is 224 Å². The summed E-state index contributed by atoms with van der Waals surface area (Å²) in [6.07, 6.45) is 1.28. The van der Waals surface area contributed by atoms with Crippen molar-refractivity contribution >= 4 is 12.2 Å². The van der Waals surface area contributed by atoms with Crippen molar-refractivity contribution < 1.29 is 19.1 Å². The van der Waals surface area contributed by atoms with Crippen LogP contribution in [0.1, 0.15) is 37.8 Å². The molecule has 0 saturated carbocycles. The Bertz CT molecular complexity index is 1060. The number of hydrogen-bond donors (Lipinski definition) is 1. The Kier molecular flexibility index (Phi) is 11.3. The third kappa shape index (κ3) is 8.39. The molecule has 2 saturated heterocycles. The first-order valence-corrected chi connectivity index (χ1v) is 13.2. The topological polar surface area (TPSA) is 134 Å². The Balaban J connectivity index is 0.000000212. The van der Waals surface area contributed by atoms with Gasteiger partial charge in [0.05, 0.1) is 6.04 Å². The number of likely N-dealkylation sites (tertiary alicyclic amines) is 2. The highest BCUT2D eigenvalue weighted by molar-refractivity contribution is 5.68. The normalized spacial score (nSPS) is 22.2. The van der Waals surface area contributed by atoms with E-state index in [2.05, 4.69) is 16.9 Å². The molecule has 2 heterocycles. The molecule has 2 aliphatic heterocycles. The van der Waals surface area contributed by atoms with E-state index in [9.17, 15) is 9.59 Å². The van der Waals surface area contributed by atoms with Gasteiger partial charge in [0.1, 0.15) is 13.2 Å². The van der Waals surface area contributed by atoms with Gasteiger partial charge < -0.3 is 25.0 Å². The smallest absolute Gasteiger partial charge is 0.410 e. The van der Waals surface area contributed by atoms with Gasteiger partial charge in [-0.1, -0.05) is 92.5 Å². The van der Waals surface area contributed by atoms with Gasteiger partial charge in [-0.15, -0.1) is 0 Å².